The van der Waals surface area contributed by atoms with Gasteiger partial charge in [0.1, 0.15) is 11.9 Å². The Morgan fingerprint density at radius 3 is 2.35 bits per heavy atom. The monoisotopic (exact) mass is 274 g/mol. The Morgan fingerprint density at radius 2 is 1.95 bits per heavy atom. The lowest BCUT2D eigenvalue weighted by molar-refractivity contribution is -0.385. The number of nitrogens with zero attached hydrogens (tertiary/aromatic N) is 2. The molecule has 20 heavy (non-hydrogen) atoms. The van der Waals surface area contributed by atoms with E-state index in [1.165, 1.54) is 6.07 Å². The molecule has 6 nitrogen and oxygen atoms in total. The molecule has 6 heteroatoms. The molecule has 1 aromatic rings. The van der Waals surface area contributed by atoms with Gasteiger partial charge in [-0.2, -0.15) is 5.26 Å². The average molecular weight is 274 g/mol. The molecule has 0 fully saturated rings. The molecular formula is C14H18N4O2. The molecule has 1 aromatic carbocycles. The SMILES string of the molecule is CCNC(NCC)=C(C#N)c1ccc([N+](=O)[O-])c(C)c1. The van der Waals surface area contributed by atoms with Gasteiger partial charge in [0.25, 0.3) is 5.69 Å². The van der Waals surface area contributed by atoms with Gasteiger partial charge in [0, 0.05) is 24.7 Å². The molecule has 0 aliphatic heterocycles. The van der Waals surface area contributed by atoms with Crippen LogP contribution in [0, 0.1) is 28.4 Å². The van der Waals surface area contributed by atoms with E-state index in [4.69, 9.17) is 0 Å². The van der Waals surface area contributed by atoms with Crippen LogP contribution in [-0.2, 0) is 0 Å². The Bertz CT molecular complexity index is 565. The van der Waals surface area contributed by atoms with E-state index in [9.17, 15) is 15.4 Å². The fourth-order valence-electron chi connectivity index (χ4n) is 1.87. The van der Waals surface area contributed by atoms with Crippen molar-refractivity contribution in [3.05, 3.63) is 45.3 Å². The molecule has 0 aliphatic carbocycles. The van der Waals surface area contributed by atoms with Crippen molar-refractivity contribution in [2.75, 3.05) is 13.1 Å². The van der Waals surface area contributed by atoms with Crippen LogP contribution in [0.25, 0.3) is 5.57 Å². The molecule has 0 unspecified atom stereocenters. The van der Waals surface area contributed by atoms with Crippen molar-refractivity contribution in [2.24, 2.45) is 0 Å². The average Bonchev–Trinajstić information content (AvgIpc) is 2.39. The van der Waals surface area contributed by atoms with Gasteiger partial charge in [-0.1, -0.05) is 0 Å². The fourth-order valence-corrected chi connectivity index (χ4v) is 1.87. The Hall–Kier alpha value is -2.55. The van der Waals surface area contributed by atoms with Gasteiger partial charge in [-0.3, -0.25) is 10.1 Å². The smallest absolute Gasteiger partial charge is 0.272 e. The largest absolute Gasteiger partial charge is 0.371 e. The molecule has 0 aliphatic rings. The summed E-state index contributed by atoms with van der Waals surface area (Å²) >= 11 is 0. The van der Waals surface area contributed by atoms with E-state index in [1.54, 1.807) is 19.1 Å². The van der Waals surface area contributed by atoms with Gasteiger partial charge in [0.05, 0.1) is 10.5 Å². The van der Waals surface area contributed by atoms with E-state index < -0.39 is 4.92 Å². The Morgan fingerprint density at radius 1 is 1.35 bits per heavy atom. The number of nitro benzene ring substituents is 1. The molecule has 1 rings (SSSR count). The number of hydrogen-bond donors (Lipinski definition) is 2. The van der Waals surface area contributed by atoms with Crippen molar-refractivity contribution in [3.63, 3.8) is 0 Å². The molecule has 0 atom stereocenters. The molecule has 2 N–H and O–H groups in total. The predicted molar refractivity (Wildman–Crippen MR) is 77.7 cm³/mol. The Labute approximate surface area is 118 Å². The second-order valence-electron chi connectivity index (χ2n) is 4.18. The number of nitriles is 1. The van der Waals surface area contributed by atoms with Crippen molar-refractivity contribution in [1.29, 1.82) is 5.26 Å². The van der Waals surface area contributed by atoms with Crippen LogP contribution < -0.4 is 10.6 Å². The van der Waals surface area contributed by atoms with Gasteiger partial charge in [-0.25, -0.2) is 0 Å². The lowest BCUT2D eigenvalue weighted by Gasteiger charge is -2.13. The zero-order valence-corrected chi connectivity index (χ0v) is 11.9. The van der Waals surface area contributed by atoms with Gasteiger partial charge in [-0.15, -0.1) is 0 Å². The zero-order chi connectivity index (χ0) is 15.1. The van der Waals surface area contributed by atoms with Gasteiger partial charge in [-0.05, 0) is 38.5 Å². The Balaban J connectivity index is 3.31. The predicted octanol–water partition coefficient (Wildman–Crippen LogP) is 2.31. The molecule has 0 amide bonds. The molecule has 0 heterocycles. The first-order valence-electron chi connectivity index (χ1n) is 6.42. The van der Waals surface area contributed by atoms with Gasteiger partial charge in [0.2, 0.25) is 0 Å². The van der Waals surface area contributed by atoms with Crippen molar-refractivity contribution in [2.45, 2.75) is 20.8 Å². The van der Waals surface area contributed by atoms with Crippen LogP contribution in [-0.4, -0.2) is 18.0 Å². The number of hydrogen-bond acceptors (Lipinski definition) is 5. The highest BCUT2D eigenvalue weighted by Crippen LogP contribution is 2.23. The molecule has 0 spiro atoms. The summed E-state index contributed by atoms with van der Waals surface area (Å²) in [5.41, 5.74) is 1.70. The summed E-state index contributed by atoms with van der Waals surface area (Å²) in [7, 11) is 0. The van der Waals surface area contributed by atoms with Crippen LogP contribution >= 0.6 is 0 Å². The van der Waals surface area contributed by atoms with E-state index in [0.717, 1.165) is 0 Å². The highest BCUT2D eigenvalue weighted by atomic mass is 16.6. The van der Waals surface area contributed by atoms with Crippen LogP contribution in [0.1, 0.15) is 25.0 Å². The highest BCUT2D eigenvalue weighted by Gasteiger charge is 2.14. The van der Waals surface area contributed by atoms with E-state index in [2.05, 4.69) is 16.7 Å². The summed E-state index contributed by atoms with van der Waals surface area (Å²) < 4.78 is 0. The molecule has 0 radical (unpaired) electrons. The minimum absolute atomic E-state index is 0.0551. The number of allylic oxidation sites excluding steroid dienone is 1. The second-order valence-corrected chi connectivity index (χ2v) is 4.18. The third-order valence-corrected chi connectivity index (χ3v) is 2.75. The summed E-state index contributed by atoms with van der Waals surface area (Å²) in [5.74, 6) is 0.644. The molecule has 0 saturated carbocycles. The summed E-state index contributed by atoms with van der Waals surface area (Å²) in [6.07, 6.45) is 0. The van der Waals surface area contributed by atoms with Gasteiger partial charge in [0.15, 0.2) is 0 Å². The summed E-state index contributed by atoms with van der Waals surface area (Å²) in [4.78, 5) is 10.4. The third-order valence-electron chi connectivity index (χ3n) is 2.75. The maximum atomic E-state index is 10.8. The van der Waals surface area contributed by atoms with Crippen LogP contribution in [0.5, 0.6) is 0 Å². The highest BCUT2D eigenvalue weighted by molar-refractivity contribution is 5.79. The van der Waals surface area contributed by atoms with Crippen molar-refractivity contribution < 1.29 is 4.92 Å². The molecule has 0 saturated heterocycles. The molecule has 0 bridgehead atoms. The first-order chi connectivity index (χ1) is 9.54. The number of aryl methyl sites for hydroxylation is 1. The number of rotatable bonds is 6. The minimum atomic E-state index is -0.426. The maximum absolute atomic E-state index is 10.8. The van der Waals surface area contributed by atoms with Gasteiger partial charge >= 0.3 is 0 Å². The van der Waals surface area contributed by atoms with Crippen LogP contribution in [0.15, 0.2) is 24.0 Å². The minimum Gasteiger partial charge on any atom is -0.371 e. The number of nitro groups is 1. The lowest BCUT2D eigenvalue weighted by atomic mass is 10.0. The van der Waals surface area contributed by atoms with E-state index in [-0.39, 0.29) is 5.69 Å². The molecule has 106 valence electrons. The van der Waals surface area contributed by atoms with Crippen LogP contribution in [0.3, 0.4) is 0 Å². The van der Waals surface area contributed by atoms with Crippen LogP contribution in [0.2, 0.25) is 0 Å². The summed E-state index contributed by atoms with van der Waals surface area (Å²) in [6, 6.07) is 6.83. The van der Waals surface area contributed by atoms with Crippen molar-refractivity contribution >= 4 is 11.3 Å². The van der Waals surface area contributed by atoms with E-state index in [0.29, 0.717) is 35.6 Å². The van der Waals surface area contributed by atoms with Crippen molar-refractivity contribution in [1.82, 2.24) is 10.6 Å². The standard InChI is InChI=1S/C14H18N4O2/c1-4-16-14(17-5-2)12(9-15)11-6-7-13(18(19)20)10(3)8-11/h6-8,16-17H,4-5H2,1-3H3. The fraction of sp³-hybridized carbons (Fsp3) is 0.357. The summed E-state index contributed by atoms with van der Waals surface area (Å²) in [6.45, 7) is 6.90. The molecular weight excluding hydrogens is 256 g/mol. The third kappa shape index (κ3) is 3.48. The molecule has 0 aromatic heterocycles. The first-order valence-corrected chi connectivity index (χ1v) is 6.42. The topological polar surface area (TPSA) is 91.0 Å². The summed E-state index contributed by atoms with van der Waals surface area (Å²) in [5, 5.41) is 26.4. The van der Waals surface area contributed by atoms with E-state index in [1.807, 2.05) is 13.8 Å². The first kappa shape index (κ1) is 15.5. The Kier molecular flexibility index (Phi) is 5.54. The lowest BCUT2D eigenvalue weighted by Crippen LogP contribution is -2.27. The quantitative estimate of drug-likeness (QED) is 0.472. The number of benzene rings is 1. The van der Waals surface area contributed by atoms with Gasteiger partial charge < -0.3 is 10.6 Å². The van der Waals surface area contributed by atoms with E-state index >= 15 is 0 Å². The zero-order valence-electron chi connectivity index (χ0n) is 11.9. The maximum Gasteiger partial charge on any atom is 0.272 e. The normalized spacial score (nSPS) is 9.50. The van der Waals surface area contributed by atoms with Crippen LogP contribution in [0.4, 0.5) is 5.69 Å². The van der Waals surface area contributed by atoms with Crippen molar-refractivity contribution in [3.8, 4) is 6.07 Å². The number of nitrogens with one attached hydrogen (secondary N) is 2. The second kappa shape index (κ2) is 7.14.